The van der Waals surface area contributed by atoms with E-state index in [1.165, 1.54) is 11.8 Å². The molecule has 1 aromatic carbocycles. The molecule has 1 amide bonds. The number of hydrogen-bond acceptors (Lipinski definition) is 2. The molecule has 1 aromatic rings. The molecule has 0 unspecified atom stereocenters. The minimum absolute atomic E-state index is 0.0928. The number of carbonyl (C=O) groups excluding carboxylic acids is 2. The summed E-state index contributed by atoms with van der Waals surface area (Å²) in [4.78, 5) is 22.9. The van der Waals surface area contributed by atoms with Gasteiger partial charge in [-0.1, -0.05) is 42.5 Å². The maximum atomic E-state index is 11.1. The normalized spacial score (nSPS) is 10.3. The highest BCUT2D eigenvalue weighted by atomic mass is 16.2. The van der Waals surface area contributed by atoms with Crippen LogP contribution < -0.4 is 0 Å². The van der Waals surface area contributed by atoms with Crippen molar-refractivity contribution in [3.63, 3.8) is 0 Å². The van der Waals surface area contributed by atoms with Gasteiger partial charge in [0.15, 0.2) is 0 Å². The van der Waals surface area contributed by atoms with E-state index in [0.29, 0.717) is 6.54 Å². The molecule has 0 bridgehead atoms. The predicted octanol–water partition coefficient (Wildman–Crippen LogP) is 1.75. The Kier molecular flexibility index (Phi) is 4.99. The second-order valence-corrected chi connectivity index (χ2v) is 3.40. The lowest BCUT2D eigenvalue weighted by Gasteiger charge is -2.15. The van der Waals surface area contributed by atoms with Crippen molar-refractivity contribution in [3.8, 4) is 0 Å². The van der Waals surface area contributed by atoms with Gasteiger partial charge in [0.2, 0.25) is 5.91 Å². The minimum atomic E-state index is -0.0928. The summed E-state index contributed by atoms with van der Waals surface area (Å²) in [5, 5.41) is 0. The molecule has 0 aliphatic heterocycles. The van der Waals surface area contributed by atoms with Crippen LogP contribution in [0.1, 0.15) is 12.5 Å². The fraction of sp³-hybridized carbons (Fsp3) is 0.231. The lowest BCUT2D eigenvalue weighted by molar-refractivity contribution is -0.130. The van der Waals surface area contributed by atoms with Gasteiger partial charge in [-0.05, 0) is 5.56 Å². The first-order chi connectivity index (χ1) is 7.74. The number of rotatable bonds is 5. The zero-order valence-electron chi connectivity index (χ0n) is 9.30. The second kappa shape index (κ2) is 6.56. The van der Waals surface area contributed by atoms with Crippen LogP contribution in [0, 0.1) is 0 Å². The Morgan fingerprint density at radius 3 is 2.50 bits per heavy atom. The lowest BCUT2D eigenvalue weighted by atomic mass is 10.2. The molecule has 0 spiro atoms. The van der Waals surface area contributed by atoms with Gasteiger partial charge in [0.25, 0.3) is 0 Å². The molecule has 3 heteroatoms. The summed E-state index contributed by atoms with van der Waals surface area (Å²) in [6, 6.07) is 9.82. The van der Waals surface area contributed by atoms with Gasteiger partial charge in [0, 0.05) is 13.5 Å². The molecule has 0 aliphatic rings. The average Bonchev–Trinajstić information content (AvgIpc) is 2.29. The summed E-state index contributed by atoms with van der Waals surface area (Å²) >= 11 is 0. The first-order valence-corrected chi connectivity index (χ1v) is 5.15. The van der Waals surface area contributed by atoms with Gasteiger partial charge in [-0.15, -0.1) is 0 Å². The number of carbonyl (C=O) groups is 2. The van der Waals surface area contributed by atoms with Crippen LogP contribution in [0.5, 0.6) is 0 Å². The van der Waals surface area contributed by atoms with E-state index in [0.717, 1.165) is 11.8 Å². The molecule has 0 aliphatic carbocycles. The molecule has 1 rings (SSSR count). The van der Waals surface area contributed by atoms with E-state index in [1.54, 1.807) is 0 Å². The van der Waals surface area contributed by atoms with Crippen molar-refractivity contribution >= 4 is 18.3 Å². The van der Waals surface area contributed by atoms with E-state index in [-0.39, 0.29) is 12.5 Å². The molecule has 0 fully saturated rings. The second-order valence-electron chi connectivity index (χ2n) is 3.40. The predicted molar refractivity (Wildman–Crippen MR) is 63.8 cm³/mol. The van der Waals surface area contributed by atoms with Gasteiger partial charge < -0.3 is 9.69 Å². The van der Waals surface area contributed by atoms with Crippen LogP contribution in [0.4, 0.5) is 0 Å². The van der Waals surface area contributed by atoms with Crippen LogP contribution in [0.25, 0.3) is 6.08 Å². The third-order valence-corrected chi connectivity index (χ3v) is 2.18. The van der Waals surface area contributed by atoms with Crippen LogP contribution in [0.3, 0.4) is 0 Å². The summed E-state index contributed by atoms with van der Waals surface area (Å²) in [5.41, 5.74) is 1.08. The van der Waals surface area contributed by atoms with E-state index in [4.69, 9.17) is 0 Å². The van der Waals surface area contributed by atoms with Crippen molar-refractivity contribution in [2.45, 2.75) is 6.92 Å². The maximum Gasteiger partial charge on any atom is 0.220 e. The molecule has 0 heterocycles. The topological polar surface area (TPSA) is 37.4 Å². The molecule has 0 saturated heterocycles. The van der Waals surface area contributed by atoms with Gasteiger partial charge in [-0.25, -0.2) is 0 Å². The molecule has 0 aromatic heterocycles. The van der Waals surface area contributed by atoms with Crippen molar-refractivity contribution in [1.82, 2.24) is 4.90 Å². The van der Waals surface area contributed by atoms with Crippen molar-refractivity contribution in [3.05, 3.63) is 42.0 Å². The highest BCUT2D eigenvalue weighted by Gasteiger charge is 2.04. The fourth-order valence-electron chi connectivity index (χ4n) is 1.30. The first-order valence-electron chi connectivity index (χ1n) is 5.15. The quantitative estimate of drug-likeness (QED) is 0.704. The summed E-state index contributed by atoms with van der Waals surface area (Å²) < 4.78 is 0. The number of nitrogens with zero attached hydrogens (tertiary/aromatic N) is 1. The average molecular weight is 217 g/mol. The third kappa shape index (κ3) is 4.09. The Balaban J connectivity index is 2.52. The van der Waals surface area contributed by atoms with Gasteiger partial charge >= 0.3 is 0 Å². The van der Waals surface area contributed by atoms with Gasteiger partial charge in [-0.2, -0.15) is 0 Å². The van der Waals surface area contributed by atoms with Gasteiger partial charge in [0.05, 0.1) is 6.54 Å². The minimum Gasteiger partial charge on any atom is -0.332 e. The van der Waals surface area contributed by atoms with Crippen molar-refractivity contribution < 1.29 is 9.59 Å². The Labute approximate surface area is 95.4 Å². The number of amides is 1. The monoisotopic (exact) mass is 217 g/mol. The smallest absolute Gasteiger partial charge is 0.220 e. The molecular weight excluding hydrogens is 202 g/mol. The van der Waals surface area contributed by atoms with E-state index >= 15 is 0 Å². The zero-order chi connectivity index (χ0) is 11.8. The highest BCUT2D eigenvalue weighted by molar-refractivity contribution is 5.76. The van der Waals surface area contributed by atoms with E-state index in [9.17, 15) is 9.59 Å². The SMILES string of the molecule is CC(=O)N(CC=O)CC=Cc1ccccc1. The summed E-state index contributed by atoms with van der Waals surface area (Å²) in [5.74, 6) is -0.0928. The zero-order valence-corrected chi connectivity index (χ0v) is 9.30. The fourth-order valence-corrected chi connectivity index (χ4v) is 1.30. The van der Waals surface area contributed by atoms with Gasteiger partial charge in [-0.3, -0.25) is 4.79 Å². The molecule has 0 atom stereocenters. The Bertz CT molecular complexity index is 371. The van der Waals surface area contributed by atoms with E-state index in [1.807, 2.05) is 42.5 Å². The number of hydrogen-bond donors (Lipinski definition) is 0. The molecule has 0 radical (unpaired) electrons. The van der Waals surface area contributed by atoms with Crippen LogP contribution >= 0.6 is 0 Å². The molecule has 16 heavy (non-hydrogen) atoms. The molecule has 0 saturated carbocycles. The molecular formula is C13H15NO2. The van der Waals surface area contributed by atoms with Gasteiger partial charge in [0.1, 0.15) is 6.29 Å². The van der Waals surface area contributed by atoms with Crippen LogP contribution in [-0.4, -0.2) is 30.2 Å². The van der Waals surface area contributed by atoms with Crippen LogP contribution in [-0.2, 0) is 9.59 Å². The lowest BCUT2D eigenvalue weighted by Crippen LogP contribution is -2.30. The van der Waals surface area contributed by atoms with E-state index in [2.05, 4.69) is 0 Å². The third-order valence-electron chi connectivity index (χ3n) is 2.18. The van der Waals surface area contributed by atoms with Crippen molar-refractivity contribution in [1.29, 1.82) is 0 Å². The summed E-state index contributed by atoms with van der Waals surface area (Å²) in [6.45, 7) is 2.07. The Hall–Kier alpha value is -1.90. The summed E-state index contributed by atoms with van der Waals surface area (Å²) in [6.07, 6.45) is 4.54. The molecule has 0 N–H and O–H groups in total. The first kappa shape index (κ1) is 12.2. The van der Waals surface area contributed by atoms with Crippen molar-refractivity contribution in [2.75, 3.05) is 13.1 Å². The Morgan fingerprint density at radius 1 is 1.25 bits per heavy atom. The largest absolute Gasteiger partial charge is 0.332 e. The number of benzene rings is 1. The standard InChI is InChI=1S/C13H15NO2/c1-12(16)14(10-11-15)9-5-8-13-6-3-2-4-7-13/h2-8,11H,9-10H2,1H3. The number of aldehydes is 1. The summed E-state index contributed by atoms with van der Waals surface area (Å²) in [7, 11) is 0. The molecule has 84 valence electrons. The van der Waals surface area contributed by atoms with Crippen LogP contribution in [0.2, 0.25) is 0 Å². The molecule has 3 nitrogen and oxygen atoms in total. The van der Waals surface area contributed by atoms with Crippen molar-refractivity contribution in [2.24, 2.45) is 0 Å². The Morgan fingerprint density at radius 2 is 1.94 bits per heavy atom. The van der Waals surface area contributed by atoms with Crippen LogP contribution in [0.15, 0.2) is 36.4 Å². The van der Waals surface area contributed by atoms with E-state index < -0.39 is 0 Å². The highest BCUT2D eigenvalue weighted by Crippen LogP contribution is 2.01. The maximum absolute atomic E-state index is 11.1.